The fraction of sp³-hybridized carbons (Fsp3) is 0.300. The molecular formula is C10H12N2O. The summed E-state index contributed by atoms with van der Waals surface area (Å²) < 4.78 is 5.27. The van der Waals surface area contributed by atoms with Gasteiger partial charge in [0.2, 0.25) is 5.88 Å². The van der Waals surface area contributed by atoms with Gasteiger partial charge in [0.05, 0.1) is 11.4 Å². The van der Waals surface area contributed by atoms with Gasteiger partial charge >= 0.3 is 0 Å². The highest BCUT2D eigenvalue weighted by molar-refractivity contribution is 5.43. The average molecular weight is 176 g/mol. The van der Waals surface area contributed by atoms with Crippen molar-refractivity contribution in [3.8, 4) is 18.2 Å². The predicted octanol–water partition coefficient (Wildman–Crippen LogP) is 1.37. The molecule has 0 aromatic carbocycles. The minimum Gasteiger partial charge on any atom is -0.477 e. The van der Waals surface area contributed by atoms with Crippen molar-refractivity contribution in [2.24, 2.45) is 0 Å². The lowest BCUT2D eigenvalue weighted by Crippen LogP contribution is -2.00. The van der Waals surface area contributed by atoms with Crippen LogP contribution in [0.2, 0.25) is 0 Å². The van der Waals surface area contributed by atoms with Gasteiger partial charge in [-0.2, -0.15) is 0 Å². The Labute approximate surface area is 77.9 Å². The molecule has 3 heteroatoms. The minimum atomic E-state index is 0.493. The molecule has 1 aromatic heterocycles. The molecule has 0 bridgehead atoms. The van der Waals surface area contributed by atoms with E-state index < -0.39 is 0 Å². The molecule has 1 heterocycles. The van der Waals surface area contributed by atoms with Crippen LogP contribution in [0.3, 0.4) is 0 Å². The maximum Gasteiger partial charge on any atom is 0.213 e. The van der Waals surface area contributed by atoms with Gasteiger partial charge in [0, 0.05) is 12.5 Å². The molecule has 0 radical (unpaired) electrons. The van der Waals surface area contributed by atoms with Crippen LogP contribution in [0.25, 0.3) is 0 Å². The number of nitrogen functional groups attached to an aromatic ring is 1. The Morgan fingerprint density at radius 1 is 1.62 bits per heavy atom. The number of pyridine rings is 1. The molecule has 1 rings (SSSR count). The van der Waals surface area contributed by atoms with E-state index in [2.05, 4.69) is 10.9 Å². The third-order valence-electron chi connectivity index (χ3n) is 1.60. The summed E-state index contributed by atoms with van der Waals surface area (Å²) in [5.41, 5.74) is 7.04. The summed E-state index contributed by atoms with van der Waals surface area (Å²) in [4.78, 5) is 4.13. The quantitative estimate of drug-likeness (QED) is 0.559. The van der Waals surface area contributed by atoms with Gasteiger partial charge in [-0.1, -0.05) is 0 Å². The van der Waals surface area contributed by atoms with E-state index >= 15 is 0 Å². The molecule has 0 saturated carbocycles. The van der Waals surface area contributed by atoms with Gasteiger partial charge in [0.1, 0.15) is 6.61 Å². The van der Waals surface area contributed by atoms with E-state index in [1.807, 2.05) is 6.92 Å². The van der Waals surface area contributed by atoms with Crippen molar-refractivity contribution in [2.45, 2.75) is 13.3 Å². The monoisotopic (exact) mass is 176 g/mol. The molecular weight excluding hydrogens is 164 g/mol. The molecule has 0 aliphatic heterocycles. The van der Waals surface area contributed by atoms with Crippen molar-refractivity contribution in [1.82, 2.24) is 4.98 Å². The van der Waals surface area contributed by atoms with E-state index in [-0.39, 0.29) is 0 Å². The average Bonchev–Trinajstić information content (AvgIpc) is 2.12. The lowest BCUT2D eigenvalue weighted by Gasteiger charge is -2.04. The molecule has 0 atom stereocenters. The standard InChI is InChI=1S/C10H12N2O/c1-3-4-7-13-10-6-5-9(11)8(2)12-10/h1,5-6H,4,7,11H2,2H3. The van der Waals surface area contributed by atoms with E-state index in [0.717, 1.165) is 5.69 Å². The number of hydrogen-bond donors (Lipinski definition) is 1. The summed E-state index contributed by atoms with van der Waals surface area (Å²) in [5.74, 6) is 3.06. The van der Waals surface area contributed by atoms with Crippen molar-refractivity contribution in [3.05, 3.63) is 17.8 Å². The van der Waals surface area contributed by atoms with Crippen LogP contribution < -0.4 is 10.5 Å². The first-order chi connectivity index (χ1) is 6.24. The molecule has 13 heavy (non-hydrogen) atoms. The summed E-state index contributed by atoms with van der Waals surface area (Å²) in [6, 6.07) is 3.51. The van der Waals surface area contributed by atoms with Crippen LogP contribution in [0.4, 0.5) is 5.69 Å². The van der Waals surface area contributed by atoms with Crippen LogP contribution in [-0.2, 0) is 0 Å². The van der Waals surface area contributed by atoms with Crippen molar-refractivity contribution in [3.63, 3.8) is 0 Å². The Morgan fingerprint density at radius 2 is 2.38 bits per heavy atom. The summed E-state index contributed by atoms with van der Waals surface area (Å²) >= 11 is 0. The number of nitrogens with two attached hydrogens (primary N) is 1. The number of anilines is 1. The molecule has 0 aliphatic carbocycles. The van der Waals surface area contributed by atoms with Gasteiger partial charge in [-0.3, -0.25) is 0 Å². The Bertz CT molecular complexity index is 328. The fourth-order valence-corrected chi connectivity index (χ4v) is 0.844. The number of ether oxygens (including phenoxy) is 1. The second-order valence-corrected chi connectivity index (χ2v) is 2.63. The third-order valence-corrected chi connectivity index (χ3v) is 1.60. The second kappa shape index (κ2) is 4.36. The molecule has 1 aromatic rings. The smallest absolute Gasteiger partial charge is 0.213 e. The first kappa shape index (κ1) is 9.40. The van der Waals surface area contributed by atoms with Crippen LogP contribution >= 0.6 is 0 Å². The number of nitrogens with zero attached hydrogens (tertiary/aromatic N) is 1. The van der Waals surface area contributed by atoms with E-state index in [0.29, 0.717) is 24.6 Å². The topological polar surface area (TPSA) is 48.1 Å². The van der Waals surface area contributed by atoms with Crippen LogP contribution in [0, 0.1) is 19.3 Å². The summed E-state index contributed by atoms with van der Waals surface area (Å²) in [6.07, 6.45) is 5.66. The van der Waals surface area contributed by atoms with Crippen LogP contribution in [0.1, 0.15) is 12.1 Å². The largest absolute Gasteiger partial charge is 0.477 e. The van der Waals surface area contributed by atoms with Crippen molar-refractivity contribution in [1.29, 1.82) is 0 Å². The zero-order chi connectivity index (χ0) is 9.68. The number of aromatic nitrogens is 1. The highest BCUT2D eigenvalue weighted by Crippen LogP contribution is 2.13. The zero-order valence-corrected chi connectivity index (χ0v) is 7.58. The van der Waals surface area contributed by atoms with Gasteiger partial charge < -0.3 is 10.5 Å². The van der Waals surface area contributed by atoms with Gasteiger partial charge in [-0.25, -0.2) is 4.98 Å². The molecule has 68 valence electrons. The number of terminal acetylenes is 1. The number of aryl methyl sites for hydroxylation is 1. The van der Waals surface area contributed by atoms with Crippen molar-refractivity contribution >= 4 is 5.69 Å². The summed E-state index contributed by atoms with van der Waals surface area (Å²) in [5, 5.41) is 0. The third kappa shape index (κ3) is 2.68. The summed E-state index contributed by atoms with van der Waals surface area (Å²) in [7, 11) is 0. The van der Waals surface area contributed by atoms with E-state index in [9.17, 15) is 0 Å². The highest BCUT2D eigenvalue weighted by Gasteiger charge is 1.98. The van der Waals surface area contributed by atoms with Gasteiger partial charge in [-0.15, -0.1) is 12.3 Å². The van der Waals surface area contributed by atoms with Crippen molar-refractivity contribution < 1.29 is 4.74 Å². The SMILES string of the molecule is C#CCCOc1ccc(N)c(C)n1. The van der Waals surface area contributed by atoms with E-state index in [4.69, 9.17) is 16.9 Å². The Kier molecular flexibility index (Phi) is 3.15. The highest BCUT2D eigenvalue weighted by atomic mass is 16.5. The molecule has 0 aliphatic rings. The van der Waals surface area contributed by atoms with Crippen molar-refractivity contribution in [2.75, 3.05) is 12.3 Å². The molecule has 0 spiro atoms. The molecule has 0 saturated heterocycles. The number of hydrogen-bond acceptors (Lipinski definition) is 3. The normalized spacial score (nSPS) is 9.23. The predicted molar refractivity (Wildman–Crippen MR) is 52.3 cm³/mol. The Hall–Kier alpha value is -1.69. The molecule has 0 unspecified atom stereocenters. The fourth-order valence-electron chi connectivity index (χ4n) is 0.844. The number of rotatable bonds is 3. The maximum atomic E-state index is 5.59. The van der Waals surface area contributed by atoms with Crippen LogP contribution in [0.15, 0.2) is 12.1 Å². The Morgan fingerprint density at radius 3 is 3.00 bits per heavy atom. The first-order valence-corrected chi connectivity index (χ1v) is 4.03. The van der Waals surface area contributed by atoms with Gasteiger partial charge in [0.25, 0.3) is 0 Å². The van der Waals surface area contributed by atoms with Gasteiger partial charge in [-0.05, 0) is 13.0 Å². The van der Waals surface area contributed by atoms with Crippen LogP contribution in [-0.4, -0.2) is 11.6 Å². The lowest BCUT2D eigenvalue weighted by molar-refractivity contribution is 0.314. The minimum absolute atomic E-state index is 0.493. The molecule has 0 amide bonds. The van der Waals surface area contributed by atoms with E-state index in [1.54, 1.807) is 12.1 Å². The molecule has 2 N–H and O–H groups in total. The molecule has 3 nitrogen and oxygen atoms in total. The zero-order valence-electron chi connectivity index (χ0n) is 7.58. The maximum absolute atomic E-state index is 5.59. The Balaban J connectivity index is 2.59. The van der Waals surface area contributed by atoms with Gasteiger partial charge in [0.15, 0.2) is 0 Å². The second-order valence-electron chi connectivity index (χ2n) is 2.63. The van der Waals surface area contributed by atoms with Crippen LogP contribution in [0.5, 0.6) is 5.88 Å². The summed E-state index contributed by atoms with van der Waals surface area (Å²) in [6.45, 7) is 2.33. The lowest BCUT2D eigenvalue weighted by atomic mass is 10.3. The first-order valence-electron chi connectivity index (χ1n) is 4.03. The van der Waals surface area contributed by atoms with E-state index in [1.165, 1.54) is 0 Å². The molecule has 0 fully saturated rings.